The van der Waals surface area contributed by atoms with Crippen LogP contribution >= 0.6 is 0 Å². The molecule has 0 rings (SSSR count). The minimum Gasteiger partial charge on any atom is -0.394 e. The van der Waals surface area contributed by atoms with Crippen LogP contribution in [0.3, 0.4) is 0 Å². The maximum atomic E-state index is 12.1. The number of hydrogen-bond acceptors (Lipinski definition) is 4. The van der Waals surface area contributed by atoms with Crippen molar-refractivity contribution in [3.05, 3.63) is 0 Å². The van der Waals surface area contributed by atoms with E-state index < -0.39 is 22.0 Å². The van der Waals surface area contributed by atoms with Crippen LogP contribution in [-0.2, 0) is 14.8 Å². The highest BCUT2D eigenvalue weighted by atomic mass is 32.2. The first-order chi connectivity index (χ1) is 8.56. The molecule has 0 saturated carbocycles. The molecule has 0 bridgehead atoms. The molecule has 6 nitrogen and oxygen atoms in total. The predicted molar refractivity (Wildman–Crippen MR) is 75.1 cm³/mol. The van der Waals surface area contributed by atoms with Gasteiger partial charge in [0.25, 0.3) is 0 Å². The largest absolute Gasteiger partial charge is 0.394 e. The fourth-order valence-electron chi connectivity index (χ4n) is 1.64. The number of sulfonamides is 1. The Labute approximate surface area is 116 Å². The van der Waals surface area contributed by atoms with Gasteiger partial charge in [0, 0.05) is 0 Å². The molecule has 0 aromatic rings. The lowest BCUT2D eigenvalue weighted by molar-refractivity contribution is -0.124. The van der Waals surface area contributed by atoms with Gasteiger partial charge in [-0.15, -0.1) is 0 Å². The summed E-state index contributed by atoms with van der Waals surface area (Å²) in [5.74, 6) is -0.143. The summed E-state index contributed by atoms with van der Waals surface area (Å²) >= 11 is 0. The molecule has 7 heteroatoms. The second-order valence-corrected chi connectivity index (χ2v) is 7.39. The van der Waals surface area contributed by atoms with E-state index in [2.05, 4.69) is 10.0 Å². The van der Waals surface area contributed by atoms with Crippen molar-refractivity contribution in [2.24, 2.45) is 11.8 Å². The molecule has 0 saturated heterocycles. The molecule has 19 heavy (non-hydrogen) atoms. The Morgan fingerprint density at radius 3 is 2.05 bits per heavy atom. The van der Waals surface area contributed by atoms with E-state index in [1.807, 2.05) is 27.7 Å². The molecule has 1 amide bonds. The first kappa shape index (κ1) is 18.3. The van der Waals surface area contributed by atoms with Gasteiger partial charge in [-0.1, -0.05) is 27.7 Å². The molecule has 0 aromatic carbocycles. The molecule has 2 atom stereocenters. The number of carbonyl (C=O) groups is 1. The van der Waals surface area contributed by atoms with E-state index in [1.54, 1.807) is 0 Å². The monoisotopic (exact) mass is 294 g/mol. The van der Waals surface area contributed by atoms with E-state index in [9.17, 15) is 18.3 Å². The van der Waals surface area contributed by atoms with Gasteiger partial charge in [-0.25, -0.2) is 13.1 Å². The van der Waals surface area contributed by atoms with E-state index in [1.165, 1.54) is 0 Å². The highest BCUT2D eigenvalue weighted by Gasteiger charge is 2.25. The fourth-order valence-corrected chi connectivity index (χ4v) is 2.37. The third kappa shape index (κ3) is 8.18. The van der Waals surface area contributed by atoms with Gasteiger partial charge in [0.2, 0.25) is 15.9 Å². The summed E-state index contributed by atoms with van der Waals surface area (Å²) in [4.78, 5) is 12.1. The van der Waals surface area contributed by atoms with Gasteiger partial charge in [-0.3, -0.25) is 4.79 Å². The average Bonchev–Trinajstić information content (AvgIpc) is 2.21. The SMILES string of the molecule is CC(C)CC(NS(C)(=O)=O)C(=O)NC(CO)C(C)C. The standard InChI is InChI=1S/C12H26N2O4S/c1-8(2)6-10(14-19(5,17)18)12(16)13-11(7-15)9(3)4/h8-11,14-15H,6-7H2,1-5H3,(H,13,16). The minimum absolute atomic E-state index is 0.0758. The smallest absolute Gasteiger partial charge is 0.238 e. The number of nitrogens with one attached hydrogen (secondary N) is 2. The van der Waals surface area contributed by atoms with E-state index in [-0.39, 0.29) is 24.5 Å². The van der Waals surface area contributed by atoms with Crippen LogP contribution in [0.25, 0.3) is 0 Å². The fraction of sp³-hybridized carbons (Fsp3) is 0.917. The topological polar surface area (TPSA) is 95.5 Å². The van der Waals surface area contributed by atoms with Gasteiger partial charge in [0.1, 0.15) is 6.04 Å². The Kier molecular flexibility index (Phi) is 7.54. The van der Waals surface area contributed by atoms with Crippen LogP contribution in [0.2, 0.25) is 0 Å². The van der Waals surface area contributed by atoms with Crippen LogP contribution < -0.4 is 10.0 Å². The molecule has 2 unspecified atom stereocenters. The molecule has 0 aliphatic carbocycles. The molecule has 0 radical (unpaired) electrons. The van der Waals surface area contributed by atoms with Crippen molar-refractivity contribution in [1.82, 2.24) is 10.0 Å². The molecule has 0 aliphatic rings. The maximum absolute atomic E-state index is 12.1. The van der Waals surface area contributed by atoms with Crippen molar-refractivity contribution in [2.75, 3.05) is 12.9 Å². The third-order valence-electron chi connectivity index (χ3n) is 2.71. The Hall–Kier alpha value is -0.660. The predicted octanol–water partition coefficient (Wildman–Crippen LogP) is 0.0834. The maximum Gasteiger partial charge on any atom is 0.238 e. The van der Waals surface area contributed by atoms with Gasteiger partial charge in [-0.05, 0) is 18.3 Å². The number of amides is 1. The molecular formula is C12H26N2O4S. The highest BCUT2D eigenvalue weighted by Crippen LogP contribution is 2.08. The average molecular weight is 294 g/mol. The number of rotatable bonds is 8. The van der Waals surface area contributed by atoms with Crippen molar-refractivity contribution >= 4 is 15.9 Å². The number of hydrogen-bond donors (Lipinski definition) is 3. The molecule has 0 aromatic heterocycles. The Morgan fingerprint density at radius 2 is 1.74 bits per heavy atom. The van der Waals surface area contributed by atoms with Crippen LogP contribution in [0.15, 0.2) is 0 Å². The quantitative estimate of drug-likeness (QED) is 0.591. The van der Waals surface area contributed by atoms with Gasteiger partial charge in [-0.2, -0.15) is 0 Å². The van der Waals surface area contributed by atoms with Gasteiger partial charge < -0.3 is 10.4 Å². The Balaban J connectivity index is 4.80. The van der Waals surface area contributed by atoms with Crippen molar-refractivity contribution in [3.63, 3.8) is 0 Å². The van der Waals surface area contributed by atoms with Crippen molar-refractivity contribution in [2.45, 2.75) is 46.2 Å². The van der Waals surface area contributed by atoms with E-state index in [0.717, 1.165) is 6.26 Å². The zero-order valence-corrected chi connectivity index (χ0v) is 13.1. The first-order valence-electron chi connectivity index (χ1n) is 6.45. The second kappa shape index (κ2) is 7.81. The lowest BCUT2D eigenvalue weighted by atomic mass is 10.0. The molecular weight excluding hydrogens is 268 g/mol. The van der Waals surface area contributed by atoms with Gasteiger partial charge >= 0.3 is 0 Å². The van der Waals surface area contributed by atoms with Crippen LogP contribution in [-0.4, -0.2) is 44.4 Å². The van der Waals surface area contributed by atoms with Crippen molar-refractivity contribution < 1.29 is 18.3 Å². The number of aliphatic hydroxyl groups is 1. The van der Waals surface area contributed by atoms with Crippen molar-refractivity contribution in [1.29, 1.82) is 0 Å². The Bertz CT molecular complexity index is 379. The summed E-state index contributed by atoms with van der Waals surface area (Å²) in [5.41, 5.74) is 0. The first-order valence-corrected chi connectivity index (χ1v) is 8.34. The van der Waals surface area contributed by atoms with Gasteiger partial charge in [0.05, 0.1) is 18.9 Å². The summed E-state index contributed by atoms with van der Waals surface area (Å²) < 4.78 is 24.9. The van der Waals surface area contributed by atoms with Gasteiger partial charge in [0.15, 0.2) is 0 Å². The second-order valence-electron chi connectivity index (χ2n) is 5.61. The normalized spacial score (nSPS) is 15.6. The molecule has 0 spiro atoms. The molecule has 0 aliphatic heterocycles. The summed E-state index contributed by atoms with van der Waals surface area (Å²) in [6.45, 7) is 7.41. The molecule has 0 fully saturated rings. The highest BCUT2D eigenvalue weighted by molar-refractivity contribution is 7.88. The molecule has 3 N–H and O–H groups in total. The third-order valence-corrected chi connectivity index (χ3v) is 3.42. The lowest BCUT2D eigenvalue weighted by Crippen LogP contribution is -2.52. The lowest BCUT2D eigenvalue weighted by Gasteiger charge is -2.24. The zero-order valence-electron chi connectivity index (χ0n) is 12.3. The van der Waals surface area contributed by atoms with Crippen LogP contribution in [0, 0.1) is 11.8 Å². The van der Waals surface area contributed by atoms with E-state index in [4.69, 9.17) is 0 Å². The zero-order chi connectivity index (χ0) is 15.2. The molecule has 0 heterocycles. The summed E-state index contributed by atoms with van der Waals surface area (Å²) in [5, 5.41) is 11.9. The van der Waals surface area contributed by atoms with Crippen LogP contribution in [0.1, 0.15) is 34.1 Å². The number of carbonyl (C=O) groups excluding carboxylic acids is 1. The molecule has 114 valence electrons. The minimum atomic E-state index is -3.45. The Morgan fingerprint density at radius 1 is 1.21 bits per heavy atom. The summed E-state index contributed by atoms with van der Waals surface area (Å²) in [6.07, 6.45) is 1.44. The van der Waals surface area contributed by atoms with E-state index >= 15 is 0 Å². The van der Waals surface area contributed by atoms with Crippen LogP contribution in [0.5, 0.6) is 0 Å². The van der Waals surface area contributed by atoms with E-state index in [0.29, 0.717) is 6.42 Å². The van der Waals surface area contributed by atoms with Crippen LogP contribution in [0.4, 0.5) is 0 Å². The summed E-state index contributed by atoms with van der Waals surface area (Å²) in [7, 11) is -3.45. The van der Waals surface area contributed by atoms with Crippen molar-refractivity contribution in [3.8, 4) is 0 Å². The number of aliphatic hydroxyl groups excluding tert-OH is 1. The summed E-state index contributed by atoms with van der Waals surface area (Å²) in [6, 6.07) is -1.17.